The summed E-state index contributed by atoms with van der Waals surface area (Å²) in [5.74, 6) is 0. The van der Waals surface area contributed by atoms with Crippen LogP contribution in [0.1, 0.15) is 5.56 Å². The largest absolute Gasteiger partial charge is 0.343 e. The van der Waals surface area contributed by atoms with Gasteiger partial charge >= 0.3 is 0 Å². The highest BCUT2D eigenvalue weighted by Gasteiger charge is 2.36. The Morgan fingerprint density at radius 3 is 1.75 bits per heavy atom. The smallest absolute Gasteiger partial charge is 0.241 e. The molecule has 1 aromatic carbocycles. The molecule has 0 aliphatic heterocycles. The summed E-state index contributed by atoms with van der Waals surface area (Å²) in [5, 5.41) is 0. The third kappa shape index (κ3) is 4.70. The lowest BCUT2D eigenvalue weighted by Crippen LogP contribution is -2.35. The number of sulfonamides is 1. The highest BCUT2D eigenvalue weighted by Crippen LogP contribution is 2.57. The first-order valence-electron chi connectivity index (χ1n) is 6.02. The lowest BCUT2D eigenvalue weighted by atomic mass is 10.2. The van der Waals surface area contributed by atoms with Gasteiger partial charge in [-0.3, -0.25) is 0 Å². The first-order chi connectivity index (χ1) is 8.84. The fraction of sp³-hybridized carbons (Fsp3) is 0.250. The van der Waals surface area contributed by atoms with Crippen molar-refractivity contribution in [3.05, 3.63) is 29.8 Å². The van der Waals surface area contributed by atoms with Gasteiger partial charge in [0.05, 0.1) is 10.4 Å². The van der Waals surface area contributed by atoms with Gasteiger partial charge in [0.25, 0.3) is 0 Å². The van der Waals surface area contributed by atoms with E-state index in [0.29, 0.717) is 0 Å². The molecule has 1 N–H and O–H groups in total. The third-order valence-electron chi connectivity index (χ3n) is 2.77. The van der Waals surface area contributed by atoms with E-state index >= 15 is 0 Å². The molecule has 0 heterocycles. The molecule has 5 nitrogen and oxygen atoms in total. The molecule has 106 valence electrons. The normalized spacial score (nSPS) is 13.5. The van der Waals surface area contributed by atoms with E-state index in [4.69, 9.17) is 0 Å². The van der Waals surface area contributed by atoms with E-state index in [1.807, 2.05) is 6.92 Å². The van der Waals surface area contributed by atoms with Crippen LogP contribution >= 0.6 is 13.8 Å². The summed E-state index contributed by atoms with van der Waals surface area (Å²) in [6, 6.07) is 6.31. The molecule has 1 rings (SSSR count). The number of hydrogen-bond acceptors (Lipinski definition) is 4. The number of rotatable bonds is 5. The molecule has 0 aromatic heterocycles. The number of hydrogen-bond donors (Lipinski definition) is 1. The van der Waals surface area contributed by atoms with Gasteiger partial charge in [-0.2, -0.15) is 4.72 Å². The van der Waals surface area contributed by atoms with E-state index in [1.165, 1.54) is 42.4 Å². The molecule has 0 saturated carbocycles. The minimum Gasteiger partial charge on any atom is -0.343 e. The second-order valence-electron chi connectivity index (χ2n) is 5.68. The van der Waals surface area contributed by atoms with Gasteiger partial charge in [-0.05, 0) is 19.1 Å². The summed E-state index contributed by atoms with van der Waals surface area (Å²) < 4.78 is 51.4. The second-order valence-corrected chi connectivity index (χ2v) is 14.6. The molecule has 0 fully saturated rings. The molecule has 0 unspecified atom stereocenters. The molecule has 0 bridgehead atoms. The Hall–Kier alpha value is -0.150. The Kier molecular flexibility index (Phi) is 5.30. The minimum atomic E-state index is -3.84. The summed E-state index contributed by atoms with van der Waals surface area (Å²) >= 11 is 0. The Balaban J connectivity index is 3.20. The van der Waals surface area contributed by atoms with Gasteiger partial charge in [-0.1, -0.05) is 17.7 Å². The van der Waals surface area contributed by atoms with Crippen molar-refractivity contribution in [2.24, 2.45) is 0 Å². The van der Waals surface area contributed by atoms with Crippen LogP contribution in [0.2, 0.25) is 0 Å². The molecule has 0 aliphatic rings. The molecule has 20 heavy (non-hydrogen) atoms. The topological polar surface area (TPSA) is 80.3 Å². The number of benzene rings is 1. The quantitative estimate of drug-likeness (QED) is 0.526. The SMILES string of the molecule is BP(B)(=O)C(NS(=O)(=O)c1ccc(C)cc1)P(B)(B)=O. The lowest BCUT2D eigenvalue weighted by molar-refractivity contribution is 0.565. The molecule has 0 radical (unpaired) electrons. The standard InChI is InChI=1S/C8H17B4NO4P2S/c1-6-2-4-7(5-3-6)20(16,17)13-8(18(9,10)14)19(11,12)15/h2-5,8,13H,9-12H2,1H3. The van der Waals surface area contributed by atoms with E-state index in [0.717, 1.165) is 5.56 Å². The van der Waals surface area contributed by atoms with Crippen molar-refractivity contribution >= 4 is 54.1 Å². The highest BCUT2D eigenvalue weighted by atomic mass is 32.2. The van der Waals surface area contributed by atoms with Gasteiger partial charge in [-0.25, -0.2) is 8.42 Å². The molecular formula is C8H17B4NO4P2S. The molecule has 0 atom stereocenters. The van der Waals surface area contributed by atoms with Crippen LogP contribution in [-0.4, -0.2) is 44.2 Å². The summed E-state index contributed by atoms with van der Waals surface area (Å²) in [6.45, 7) is -3.90. The van der Waals surface area contributed by atoms with Gasteiger partial charge in [0.15, 0.2) is 30.3 Å². The average molecular weight is 328 g/mol. The van der Waals surface area contributed by atoms with Crippen molar-refractivity contribution < 1.29 is 17.5 Å². The van der Waals surface area contributed by atoms with E-state index in [2.05, 4.69) is 4.72 Å². The highest BCUT2D eigenvalue weighted by molar-refractivity contribution is 8.20. The first kappa shape index (κ1) is 17.9. The Morgan fingerprint density at radius 2 is 1.40 bits per heavy atom. The molecule has 0 saturated heterocycles. The van der Waals surface area contributed by atoms with Crippen molar-refractivity contribution in [2.45, 2.75) is 17.3 Å². The zero-order valence-electron chi connectivity index (χ0n) is 12.3. The van der Waals surface area contributed by atoms with E-state index in [1.54, 1.807) is 12.1 Å². The van der Waals surface area contributed by atoms with Crippen LogP contribution < -0.4 is 4.72 Å². The first-order valence-corrected chi connectivity index (χ1v) is 12.8. The van der Waals surface area contributed by atoms with Crippen molar-refractivity contribution in [3.8, 4) is 0 Å². The molecule has 0 spiro atoms. The monoisotopic (exact) mass is 329 g/mol. The van der Waals surface area contributed by atoms with Crippen molar-refractivity contribution in [1.29, 1.82) is 0 Å². The van der Waals surface area contributed by atoms with Crippen molar-refractivity contribution in [3.63, 3.8) is 0 Å². The van der Waals surface area contributed by atoms with Crippen LogP contribution in [0.4, 0.5) is 0 Å². The van der Waals surface area contributed by atoms with Gasteiger partial charge in [0.1, 0.15) is 0 Å². The molecule has 12 heteroatoms. The van der Waals surface area contributed by atoms with Gasteiger partial charge < -0.3 is 9.13 Å². The van der Waals surface area contributed by atoms with Crippen LogP contribution in [-0.2, 0) is 19.2 Å². The number of nitrogens with one attached hydrogen (secondary N) is 1. The second kappa shape index (κ2) is 5.92. The maximum atomic E-state index is 12.3. The average Bonchev–Trinajstić information content (AvgIpc) is 2.23. The zero-order chi connectivity index (χ0) is 15.8. The molecular weight excluding hydrogens is 311 g/mol. The van der Waals surface area contributed by atoms with Gasteiger partial charge in [0, 0.05) is 13.8 Å². The van der Waals surface area contributed by atoms with E-state index in [9.17, 15) is 17.5 Å². The molecule has 0 aliphatic carbocycles. The lowest BCUT2D eigenvalue weighted by Gasteiger charge is -2.27. The third-order valence-corrected chi connectivity index (χ3v) is 10.5. The molecule has 1 aromatic rings. The minimum absolute atomic E-state index is 0.0787. The van der Waals surface area contributed by atoms with Crippen LogP contribution in [0.15, 0.2) is 29.2 Å². The Bertz CT molecular complexity index is 659. The Morgan fingerprint density at radius 1 is 1.00 bits per heavy atom. The van der Waals surface area contributed by atoms with Crippen LogP contribution in [0.25, 0.3) is 0 Å². The maximum Gasteiger partial charge on any atom is 0.241 e. The van der Waals surface area contributed by atoms with Crippen LogP contribution in [0.5, 0.6) is 0 Å². The molecule has 0 amide bonds. The fourth-order valence-corrected chi connectivity index (χ4v) is 11.0. The van der Waals surface area contributed by atoms with E-state index in [-0.39, 0.29) is 4.90 Å². The van der Waals surface area contributed by atoms with Crippen LogP contribution in [0, 0.1) is 6.92 Å². The van der Waals surface area contributed by atoms with Gasteiger partial charge in [-0.15, -0.1) is 0 Å². The van der Waals surface area contributed by atoms with Crippen molar-refractivity contribution in [2.75, 3.05) is 0 Å². The zero-order valence-corrected chi connectivity index (χ0v) is 14.9. The summed E-state index contributed by atoms with van der Waals surface area (Å²) in [6.07, 6.45) is 0. The predicted molar refractivity (Wildman–Crippen MR) is 94.7 cm³/mol. The number of aryl methyl sites for hydroxylation is 1. The summed E-state index contributed by atoms with van der Waals surface area (Å²) in [4.78, 5) is 0.0787. The Labute approximate surface area is 123 Å². The fourth-order valence-electron chi connectivity index (χ4n) is 1.85. The van der Waals surface area contributed by atoms with Crippen molar-refractivity contribution in [1.82, 2.24) is 4.72 Å². The van der Waals surface area contributed by atoms with Gasteiger partial charge in [0.2, 0.25) is 10.0 Å². The maximum absolute atomic E-state index is 12.3. The summed E-state index contributed by atoms with van der Waals surface area (Å²) in [7, 11) is 1.92. The summed E-state index contributed by atoms with van der Waals surface area (Å²) in [5.41, 5.74) is -0.102. The van der Waals surface area contributed by atoms with E-state index < -0.39 is 29.3 Å². The van der Waals surface area contributed by atoms with Crippen LogP contribution in [0.3, 0.4) is 0 Å². The predicted octanol–water partition coefficient (Wildman–Crippen LogP) is -1.52.